The van der Waals surface area contributed by atoms with Crippen LogP contribution in [0.15, 0.2) is 35.5 Å². The van der Waals surface area contributed by atoms with Crippen LogP contribution in [-0.4, -0.2) is 77.5 Å². The van der Waals surface area contributed by atoms with Crippen molar-refractivity contribution in [1.29, 1.82) is 0 Å². The summed E-state index contributed by atoms with van der Waals surface area (Å²) in [5.41, 5.74) is 24.0. The van der Waals surface area contributed by atoms with Gasteiger partial charge in [-0.1, -0.05) is 18.2 Å². The predicted octanol–water partition coefficient (Wildman–Crippen LogP) is -1.61. The number of aromatic nitrogens is 1. The first-order valence-electron chi connectivity index (χ1n) is 12.8. The standard InChI is InChI=1S/C25H39N9O5/c26-10-4-3-8-20(24(38)39)34-23(37)19(9-5-11-30-25(28)29)33-21(35)14-32-22(36)17(27)12-15-13-31-18-7-2-1-6-16(15)18/h1-2,6-7,13,17,19-20,31H,3-5,8-12,14,26-27H2,(H,32,36)(H,33,35)(H,34,37)(H,38,39)(H4,28,29,30). The van der Waals surface area contributed by atoms with Gasteiger partial charge in [-0.25, -0.2) is 4.79 Å². The number of carboxylic acid groups (broad SMARTS) is 1. The molecule has 0 aliphatic heterocycles. The highest BCUT2D eigenvalue weighted by Crippen LogP contribution is 2.18. The van der Waals surface area contributed by atoms with Gasteiger partial charge >= 0.3 is 5.97 Å². The van der Waals surface area contributed by atoms with Crippen molar-refractivity contribution in [3.8, 4) is 0 Å². The van der Waals surface area contributed by atoms with E-state index >= 15 is 0 Å². The Hall–Kier alpha value is -4.17. The van der Waals surface area contributed by atoms with Crippen LogP contribution < -0.4 is 38.9 Å². The summed E-state index contributed by atoms with van der Waals surface area (Å²) >= 11 is 0. The molecular weight excluding hydrogens is 506 g/mol. The number of hydrogen-bond donors (Lipinski definition) is 9. The Morgan fingerprint density at radius 3 is 2.38 bits per heavy atom. The number of rotatable bonds is 17. The number of fused-ring (bicyclic) bond motifs is 1. The summed E-state index contributed by atoms with van der Waals surface area (Å²) in [6.07, 6.45) is 3.84. The lowest BCUT2D eigenvalue weighted by atomic mass is 10.1. The monoisotopic (exact) mass is 545 g/mol. The van der Waals surface area contributed by atoms with Gasteiger partial charge in [0.05, 0.1) is 12.6 Å². The molecule has 39 heavy (non-hydrogen) atoms. The summed E-state index contributed by atoms with van der Waals surface area (Å²) in [4.78, 5) is 56.6. The van der Waals surface area contributed by atoms with Crippen LogP contribution in [-0.2, 0) is 25.6 Å². The number of aromatic amines is 1. The van der Waals surface area contributed by atoms with Crippen LogP contribution in [0, 0.1) is 0 Å². The average molecular weight is 546 g/mol. The Kier molecular flexibility index (Phi) is 12.7. The number of benzene rings is 1. The number of nitrogens with one attached hydrogen (secondary N) is 4. The molecule has 0 aliphatic rings. The zero-order chi connectivity index (χ0) is 28.8. The number of H-pyrrole nitrogens is 1. The zero-order valence-corrected chi connectivity index (χ0v) is 21.8. The van der Waals surface area contributed by atoms with Crippen LogP contribution >= 0.6 is 0 Å². The van der Waals surface area contributed by atoms with E-state index in [0.717, 1.165) is 16.5 Å². The largest absolute Gasteiger partial charge is 0.480 e. The van der Waals surface area contributed by atoms with Crippen molar-refractivity contribution < 1.29 is 24.3 Å². The van der Waals surface area contributed by atoms with Gasteiger partial charge in [-0.3, -0.25) is 19.4 Å². The van der Waals surface area contributed by atoms with Gasteiger partial charge in [0.15, 0.2) is 5.96 Å². The SMILES string of the molecule is NCCCCC(NC(=O)C(CCCN=C(N)N)NC(=O)CNC(=O)C(N)Cc1c[nH]c2ccccc12)C(=O)O. The third kappa shape index (κ3) is 10.6. The van der Waals surface area contributed by atoms with Crippen molar-refractivity contribution in [3.63, 3.8) is 0 Å². The molecule has 13 N–H and O–H groups in total. The third-order valence-electron chi connectivity index (χ3n) is 6.03. The molecule has 14 heteroatoms. The maximum absolute atomic E-state index is 12.9. The average Bonchev–Trinajstić information content (AvgIpc) is 3.30. The topological polar surface area (TPSA) is 257 Å². The Morgan fingerprint density at radius 2 is 1.69 bits per heavy atom. The van der Waals surface area contributed by atoms with E-state index in [9.17, 15) is 24.3 Å². The van der Waals surface area contributed by atoms with Gasteiger partial charge < -0.3 is 49.0 Å². The summed E-state index contributed by atoms with van der Waals surface area (Å²) in [6, 6.07) is 4.51. The van der Waals surface area contributed by atoms with Crippen LogP contribution in [0.5, 0.6) is 0 Å². The van der Waals surface area contributed by atoms with E-state index in [0.29, 0.717) is 25.8 Å². The van der Waals surface area contributed by atoms with Crippen molar-refractivity contribution in [3.05, 3.63) is 36.0 Å². The maximum atomic E-state index is 12.9. The van der Waals surface area contributed by atoms with Crippen molar-refractivity contribution in [2.45, 2.75) is 56.7 Å². The molecular formula is C25H39N9O5. The zero-order valence-electron chi connectivity index (χ0n) is 21.8. The smallest absolute Gasteiger partial charge is 0.326 e. The summed E-state index contributed by atoms with van der Waals surface area (Å²) in [7, 11) is 0. The summed E-state index contributed by atoms with van der Waals surface area (Å²) in [5.74, 6) is -3.15. The number of nitrogens with two attached hydrogens (primary N) is 4. The van der Waals surface area contributed by atoms with Crippen LogP contribution in [0.4, 0.5) is 0 Å². The second kappa shape index (κ2) is 15.9. The summed E-state index contributed by atoms with van der Waals surface area (Å²) < 4.78 is 0. The highest BCUT2D eigenvalue weighted by molar-refractivity contribution is 5.93. The van der Waals surface area contributed by atoms with Gasteiger partial charge in [-0.15, -0.1) is 0 Å². The number of hydrogen-bond acceptors (Lipinski definition) is 7. The quantitative estimate of drug-likeness (QED) is 0.0628. The lowest BCUT2D eigenvalue weighted by molar-refractivity contribution is -0.142. The Bertz CT molecular complexity index is 1150. The minimum absolute atomic E-state index is 0.113. The minimum Gasteiger partial charge on any atom is -0.480 e. The van der Waals surface area contributed by atoms with E-state index in [1.165, 1.54) is 0 Å². The Labute approximate surface area is 226 Å². The van der Waals surface area contributed by atoms with Crippen molar-refractivity contribution in [2.24, 2.45) is 27.9 Å². The second-order valence-corrected chi connectivity index (χ2v) is 9.14. The normalized spacial score (nSPS) is 13.2. The number of para-hydroxylation sites is 1. The fraction of sp³-hybridized carbons (Fsp3) is 0.480. The number of guanidine groups is 1. The molecule has 0 saturated heterocycles. The van der Waals surface area contributed by atoms with Gasteiger partial charge in [-0.2, -0.15) is 0 Å². The lowest BCUT2D eigenvalue weighted by Gasteiger charge is -2.22. The molecule has 0 spiro atoms. The van der Waals surface area contributed by atoms with Gasteiger partial charge in [0.1, 0.15) is 12.1 Å². The van der Waals surface area contributed by atoms with Crippen LogP contribution in [0.3, 0.4) is 0 Å². The van der Waals surface area contributed by atoms with Crippen molar-refractivity contribution >= 4 is 40.6 Å². The molecule has 3 amide bonds. The molecule has 1 heterocycles. The maximum Gasteiger partial charge on any atom is 0.326 e. The molecule has 0 aliphatic carbocycles. The molecule has 0 radical (unpaired) electrons. The van der Waals surface area contributed by atoms with Gasteiger partial charge in [0.2, 0.25) is 17.7 Å². The van der Waals surface area contributed by atoms with E-state index in [2.05, 4.69) is 25.9 Å². The van der Waals surface area contributed by atoms with Gasteiger partial charge in [0.25, 0.3) is 0 Å². The second-order valence-electron chi connectivity index (χ2n) is 9.14. The molecule has 214 valence electrons. The molecule has 0 saturated carbocycles. The number of aliphatic carboxylic acids is 1. The third-order valence-corrected chi connectivity index (χ3v) is 6.03. The summed E-state index contributed by atoms with van der Waals surface area (Å²) in [6.45, 7) is 0.193. The number of nitrogens with zero attached hydrogens (tertiary/aromatic N) is 1. The Balaban J connectivity index is 1.94. The van der Waals surface area contributed by atoms with E-state index in [1.807, 2.05) is 24.3 Å². The first-order chi connectivity index (χ1) is 18.6. The molecule has 3 unspecified atom stereocenters. The molecule has 1 aromatic carbocycles. The number of amides is 3. The first-order valence-corrected chi connectivity index (χ1v) is 12.8. The van der Waals surface area contributed by atoms with E-state index in [4.69, 9.17) is 22.9 Å². The molecule has 2 aromatic rings. The molecule has 3 atom stereocenters. The minimum atomic E-state index is -1.19. The number of carbonyl (C=O) groups is 4. The van der Waals surface area contributed by atoms with E-state index < -0.39 is 48.4 Å². The van der Waals surface area contributed by atoms with Gasteiger partial charge in [0, 0.05) is 23.6 Å². The summed E-state index contributed by atoms with van der Waals surface area (Å²) in [5, 5.41) is 17.9. The van der Waals surface area contributed by atoms with Gasteiger partial charge in [-0.05, 0) is 56.7 Å². The van der Waals surface area contributed by atoms with Crippen LogP contribution in [0.25, 0.3) is 10.9 Å². The van der Waals surface area contributed by atoms with Crippen molar-refractivity contribution in [1.82, 2.24) is 20.9 Å². The fourth-order valence-corrected chi connectivity index (χ4v) is 3.97. The molecule has 0 bridgehead atoms. The molecule has 0 fully saturated rings. The lowest BCUT2D eigenvalue weighted by Crippen LogP contribution is -2.53. The van der Waals surface area contributed by atoms with E-state index in [1.54, 1.807) is 6.20 Å². The predicted molar refractivity (Wildman–Crippen MR) is 147 cm³/mol. The van der Waals surface area contributed by atoms with Crippen LogP contribution in [0.1, 0.15) is 37.7 Å². The highest BCUT2D eigenvalue weighted by Gasteiger charge is 2.26. The van der Waals surface area contributed by atoms with E-state index in [-0.39, 0.29) is 31.8 Å². The number of aliphatic imine (C=N–C) groups is 1. The number of carbonyl (C=O) groups excluding carboxylic acids is 3. The highest BCUT2D eigenvalue weighted by atomic mass is 16.4. The number of unbranched alkanes of at least 4 members (excludes halogenated alkanes) is 1. The molecule has 14 nitrogen and oxygen atoms in total. The number of carboxylic acids is 1. The Morgan fingerprint density at radius 1 is 0.974 bits per heavy atom. The molecule has 2 rings (SSSR count). The fourth-order valence-electron chi connectivity index (χ4n) is 3.97. The van der Waals surface area contributed by atoms with Crippen molar-refractivity contribution in [2.75, 3.05) is 19.6 Å². The molecule has 1 aromatic heterocycles. The van der Waals surface area contributed by atoms with Crippen LogP contribution in [0.2, 0.25) is 0 Å². The first kappa shape index (κ1) is 31.1.